The first-order valence-electron chi connectivity index (χ1n) is 8.59. The number of ether oxygens (including phenoxy) is 1. The van der Waals surface area contributed by atoms with Crippen molar-refractivity contribution in [3.8, 4) is 0 Å². The van der Waals surface area contributed by atoms with Crippen molar-refractivity contribution in [1.29, 1.82) is 0 Å². The predicted octanol–water partition coefficient (Wildman–Crippen LogP) is 3.61. The Hall–Kier alpha value is -2.04. The van der Waals surface area contributed by atoms with E-state index < -0.39 is 17.7 Å². The summed E-state index contributed by atoms with van der Waals surface area (Å²) in [4.78, 5) is 28.9. The predicted molar refractivity (Wildman–Crippen MR) is 93.6 cm³/mol. The standard InChI is InChI=1S/C19H28N2O3/c1-19(2,3)24-18(23)20(4)16(15-11-7-5-8-12-15)17(22)21-13-9-6-10-14-21/h5,7-8,11-12,16H,6,9-10,13-14H2,1-4H3. The lowest BCUT2D eigenvalue weighted by molar-refractivity contribution is -0.137. The lowest BCUT2D eigenvalue weighted by atomic mass is 10.0. The Balaban J connectivity index is 2.25. The minimum atomic E-state index is -0.654. The van der Waals surface area contributed by atoms with Gasteiger partial charge in [-0.15, -0.1) is 0 Å². The molecule has 0 N–H and O–H groups in total. The molecule has 0 saturated carbocycles. The summed E-state index contributed by atoms with van der Waals surface area (Å²) in [5.41, 5.74) is 0.210. The van der Waals surface area contributed by atoms with Crippen molar-refractivity contribution < 1.29 is 14.3 Å². The number of likely N-dealkylation sites (tertiary alicyclic amines) is 1. The smallest absolute Gasteiger partial charge is 0.410 e. The first-order valence-corrected chi connectivity index (χ1v) is 8.59. The Morgan fingerprint density at radius 1 is 1.08 bits per heavy atom. The highest BCUT2D eigenvalue weighted by molar-refractivity contribution is 5.87. The molecule has 132 valence electrons. The number of carbonyl (C=O) groups excluding carboxylic acids is 2. The second-order valence-corrected chi connectivity index (χ2v) is 7.29. The van der Waals surface area contributed by atoms with Crippen LogP contribution in [0.5, 0.6) is 0 Å². The number of hydrogen-bond donors (Lipinski definition) is 0. The maximum atomic E-state index is 13.1. The van der Waals surface area contributed by atoms with E-state index in [1.54, 1.807) is 7.05 Å². The van der Waals surface area contributed by atoms with Crippen LogP contribution in [0, 0.1) is 0 Å². The number of rotatable bonds is 3. The molecule has 1 saturated heterocycles. The number of likely N-dealkylation sites (N-methyl/N-ethyl adjacent to an activating group) is 1. The van der Waals surface area contributed by atoms with Crippen LogP contribution < -0.4 is 0 Å². The fraction of sp³-hybridized carbons (Fsp3) is 0.579. The molecule has 1 aromatic carbocycles. The molecule has 5 heteroatoms. The molecule has 2 rings (SSSR count). The molecule has 1 heterocycles. The second kappa shape index (κ2) is 7.69. The van der Waals surface area contributed by atoms with Crippen LogP contribution in [-0.4, -0.2) is 47.5 Å². The van der Waals surface area contributed by atoms with Gasteiger partial charge in [0.25, 0.3) is 0 Å². The highest BCUT2D eigenvalue weighted by Crippen LogP contribution is 2.25. The van der Waals surface area contributed by atoms with Gasteiger partial charge in [-0.3, -0.25) is 9.69 Å². The maximum Gasteiger partial charge on any atom is 0.410 e. The molecule has 24 heavy (non-hydrogen) atoms. The van der Waals surface area contributed by atoms with Crippen molar-refractivity contribution in [2.24, 2.45) is 0 Å². The van der Waals surface area contributed by atoms with Crippen LogP contribution in [0.4, 0.5) is 4.79 Å². The second-order valence-electron chi connectivity index (χ2n) is 7.29. The van der Waals surface area contributed by atoms with Crippen molar-refractivity contribution in [3.05, 3.63) is 35.9 Å². The average molecular weight is 332 g/mol. The highest BCUT2D eigenvalue weighted by Gasteiger charge is 2.34. The number of hydrogen-bond acceptors (Lipinski definition) is 3. The zero-order chi connectivity index (χ0) is 17.7. The summed E-state index contributed by atoms with van der Waals surface area (Å²) in [5, 5.41) is 0. The number of carbonyl (C=O) groups is 2. The van der Waals surface area contributed by atoms with Crippen LogP contribution in [0.1, 0.15) is 51.6 Å². The third-order valence-corrected chi connectivity index (χ3v) is 4.09. The van der Waals surface area contributed by atoms with E-state index in [2.05, 4.69) is 0 Å². The Kier molecular flexibility index (Phi) is 5.86. The Bertz CT molecular complexity index is 560. The van der Waals surface area contributed by atoms with Crippen LogP contribution in [0.2, 0.25) is 0 Å². The van der Waals surface area contributed by atoms with E-state index in [0.717, 1.165) is 37.9 Å². The third kappa shape index (κ3) is 4.73. The van der Waals surface area contributed by atoms with Gasteiger partial charge in [0.2, 0.25) is 5.91 Å². The quantitative estimate of drug-likeness (QED) is 0.849. The average Bonchev–Trinajstić information content (AvgIpc) is 2.55. The molecule has 0 aliphatic carbocycles. The number of benzene rings is 1. The van der Waals surface area contributed by atoms with Crippen molar-refractivity contribution in [2.75, 3.05) is 20.1 Å². The largest absolute Gasteiger partial charge is 0.444 e. The molecule has 1 fully saturated rings. The minimum Gasteiger partial charge on any atom is -0.444 e. The van der Waals surface area contributed by atoms with E-state index in [-0.39, 0.29) is 5.91 Å². The Labute approximate surface area is 144 Å². The first kappa shape index (κ1) is 18.3. The summed E-state index contributed by atoms with van der Waals surface area (Å²) in [5.74, 6) is -0.0331. The molecule has 1 aromatic rings. The Morgan fingerprint density at radius 2 is 1.67 bits per heavy atom. The van der Waals surface area contributed by atoms with E-state index in [0.29, 0.717) is 0 Å². The van der Waals surface area contributed by atoms with Gasteiger partial charge in [-0.05, 0) is 45.6 Å². The molecule has 0 aromatic heterocycles. The summed E-state index contributed by atoms with van der Waals surface area (Å²) >= 11 is 0. The highest BCUT2D eigenvalue weighted by atomic mass is 16.6. The van der Waals surface area contributed by atoms with E-state index in [1.165, 1.54) is 4.90 Å². The summed E-state index contributed by atoms with van der Waals surface area (Å²) in [6, 6.07) is 8.78. The van der Waals surface area contributed by atoms with E-state index in [1.807, 2.05) is 56.0 Å². The zero-order valence-corrected chi connectivity index (χ0v) is 15.1. The monoisotopic (exact) mass is 332 g/mol. The van der Waals surface area contributed by atoms with Crippen LogP contribution in [0.3, 0.4) is 0 Å². The first-order chi connectivity index (χ1) is 11.3. The zero-order valence-electron chi connectivity index (χ0n) is 15.1. The van der Waals surface area contributed by atoms with Crippen molar-refractivity contribution in [1.82, 2.24) is 9.80 Å². The summed E-state index contributed by atoms with van der Waals surface area (Å²) in [6.07, 6.45) is 2.70. The molecule has 0 bridgehead atoms. The molecular formula is C19H28N2O3. The SMILES string of the molecule is CN(C(=O)OC(C)(C)C)C(C(=O)N1CCCCC1)c1ccccc1. The molecule has 0 spiro atoms. The molecular weight excluding hydrogens is 304 g/mol. The fourth-order valence-electron chi connectivity index (χ4n) is 2.89. The molecule has 1 aliphatic rings. The molecule has 1 atom stereocenters. The van der Waals surface area contributed by atoms with Crippen molar-refractivity contribution >= 4 is 12.0 Å². The van der Waals surface area contributed by atoms with Gasteiger partial charge in [0.05, 0.1) is 0 Å². The van der Waals surface area contributed by atoms with Gasteiger partial charge in [0.1, 0.15) is 11.6 Å². The number of nitrogens with zero attached hydrogens (tertiary/aromatic N) is 2. The van der Waals surface area contributed by atoms with Gasteiger partial charge in [0.15, 0.2) is 0 Å². The van der Waals surface area contributed by atoms with Crippen LogP contribution in [-0.2, 0) is 9.53 Å². The maximum absolute atomic E-state index is 13.1. The summed E-state index contributed by atoms with van der Waals surface area (Å²) in [7, 11) is 1.63. The molecule has 0 radical (unpaired) electrons. The lowest BCUT2D eigenvalue weighted by Gasteiger charge is -2.35. The van der Waals surface area contributed by atoms with Gasteiger partial charge in [-0.1, -0.05) is 30.3 Å². The lowest BCUT2D eigenvalue weighted by Crippen LogP contribution is -2.46. The van der Waals surface area contributed by atoms with Crippen LogP contribution >= 0.6 is 0 Å². The van der Waals surface area contributed by atoms with Crippen molar-refractivity contribution in [3.63, 3.8) is 0 Å². The van der Waals surface area contributed by atoms with E-state index in [4.69, 9.17) is 4.74 Å². The van der Waals surface area contributed by atoms with Crippen LogP contribution in [0.25, 0.3) is 0 Å². The summed E-state index contributed by atoms with van der Waals surface area (Å²) < 4.78 is 5.46. The molecule has 2 amide bonds. The van der Waals surface area contributed by atoms with Gasteiger partial charge in [0, 0.05) is 20.1 Å². The normalized spacial score (nSPS) is 16.4. The summed E-state index contributed by atoms with van der Waals surface area (Å²) in [6.45, 7) is 6.98. The van der Waals surface area contributed by atoms with Gasteiger partial charge in [-0.2, -0.15) is 0 Å². The Morgan fingerprint density at radius 3 is 2.21 bits per heavy atom. The van der Waals surface area contributed by atoms with Gasteiger partial charge < -0.3 is 9.64 Å². The van der Waals surface area contributed by atoms with E-state index in [9.17, 15) is 9.59 Å². The fourth-order valence-corrected chi connectivity index (χ4v) is 2.89. The third-order valence-electron chi connectivity index (χ3n) is 4.09. The van der Waals surface area contributed by atoms with Gasteiger partial charge >= 0.3 is 6.09 Å². The molecule has 1 aliphatic heterocycles. The van der Waals surface area contributed by atoms with Crippen molar-refractivity contribution in [2.45, 2.75) is 51.7 Å². The number of amides is 2. The van der Waals surface area contributed by atoms with Crippen LogP contribution in [0.15, 0.2) is 30.3 Å². The van der Waals surface area contributed by atoms with Gasteiger partial charge in [-0.25, -0.2) is 4.79 Å². The minimum absolute atomic E-state index is 0.0331. The number of piperidine rings is 1. The van der Waals surface area contributed by atoms with E-state index >= 15 is 0 Å². The molecule has 5 nitrogen and oxygen atoms in total. The molecule has 1 unspecified atom stereocenters. The topological polar surface area (TPSA) is 49.9 Å².